The standard InChI is InChI=1S/C28H45N6O7/c1-18(36)15-27(3,26(40)30-4)33-25(39)22(29)7-5-13-34(41)14-6-12-28(17-35)16-23(28)32-24(38)20-8-10-21(11-9-20)31-19(2)37/h8-11,17,19,22-23,26,30-31,37,40H,5-7,12-16,29H2,1-4H3,(H,32,38)(H,33,39)/q-1/t19?,22-,23?,26?,27-,28?/m0/s1. The molecule has 2 amide bonds. The maximum absolute atomic E-state index is 12.6. The van der Waals surface area contributed by atoms with Gasteiger partial charge in [-0.3, -0.25) is 19.7 Å². The summed E-state index contributed by atoms with van der Waals surface area (Å²) in [4.78, 5) is 48.5. The van der Waals surface area contributed by atoms with Gasteiger partial charge in [0.15, 0.2) is 0 Å². The molecule has 41 heavy (non-hydrogen) atoms. The summed E-state index contributed by atoms with van der Waals surface area (Å²) in [6.45, 7) is 4.85. The Morgan fingerprint density at radius 2 is 1.85 bits per heavy atom. The first-order chi connectivity index (χ1) is 19.2. The summed E-state index contributed by atoms with van der Waals surface area (Å²) in [5.74, 6) is -1.02. The lowest BCUT2D eigenvalue weighted by Crippen LogP contribution is -2.62. The Balaban J connectivity index is 1.72. The lowest BCUT2D eigenvalue weighted by molar-refractivity contribution is -0.128. The van der Waals surface area contributed by atoms with Crippen LogP contribution < -0.4 is 27.0 Å². The van der Waals surface area contributed by atoms with Gasteiger partial charge in [-0.25, -0.2) is 0 Å². The zero-order chi connectivity index (χ0) is 30.8. The molecule has 2 rings (SSSR count). The second-order valence-corrected chi connectivity index (χ2v) is 11.2. The van der Waals surface area contributed by atoms with E-state index in [1.165, 1.54) is 14.0 Å². The molecule has 4 unspecified atom stereocenters. The Kier molecular flexibility index (Phi) is 12.8. The lowest BCUT2D eigenvalue weighted by atomic mass is 9.92. The average molecular weight is 578 g/mol. The number of aliphatic hydroxyl groups excluding tert-OH is 2. The second-order valence-electron chi connectivity index (χ2n) is 11.2. The van der Waals surface area contributed by atoms with Crippen molar-refractivity contribution in [3.63, 3.8) is 0 Å². The summed E-state index contributed by atoms with van der Waals surface area (Å²) < 4.78 is 0. The van der Waals surface area contributed by atoms with E-state index in [0.29, 0.717) is 36.9 Å². The van der Waals surface area contributed by atoms with Gasteiger partial charge < -0.3 is 47.0 Å². The predicted octanol–water partition coefficient (Wildman–Crippen LogP) is 0.204. The van der Waals surface area contributed by atoms with Gasteiger partial charge in [0.25, 0.3) is 5.91 Å². The third kappa shape index (κ3) is 10.4. The van der Waals surface area contributed by atoms with Crippen LogP contribution in [0.25, 0.3) is 0 Å². The van der Waals surface area contributed by atoms with Crippen molar-refractivity contribution >= 4 is 29.6 Å². The molecule has 0 aromatic heterocycles. The maximum Gasteiger partial charge on any atom is 0.251 e. The van der Waals surface area contributed by atoms with Gasteiger partial charge in [-0.15, -0.1) is 0 Å². The van der Waals surface area contributed by atoms with Crippen LogP contribution in [-0.4, -0.2) is 89.4 Å². The number of benzene rings is 1. The quantitative estimate of drug-likeness (QED) is 0.0671. The van der Waals surface area contributed by atoms with Crippen molar-refractivity contribution in [2.24, 2.45) is 11.1 Å². The van der Waals surface area contributed by atoms with E-state index < -0.39 is 35.4 Å². The number of likely N-dealkylation sites (N-methyl/N-ethyl adjacent to an activating group) is 1. The van der Waals surface area contributed by atoms with Crippen molar-refractivity contribution in [3.8, 4) is 0 Å². The number of amides is 2. The molecule has 0 aliphatic heterocycles. The van der Waals surface area contributed by atoms with Gasteiger partial charge in [0.05, 0.1) is 11.6 Å². The number of nitrogens with two attached hydrogens (primary N) is 1. The van der Waals surface area contributed by atoms with Crippen LogP contribution >= 0.6 is 0 Å². The minimum atomic E-state index is -1.23. The summed E-state index contributed by atoms with van der Waals surface area (Å²) in [7, 11) is 1.51. The Morgan fingerprint density at radius 1 is 1.22 bits per heavy atom. The first-order valence-corrected chi connectivity index (χ1v) is 13.9. The molecule has 1 aliphatic rings. The number of hydrogen-bond acceptors (Lipinski definition) is 11. The molecular formula is C28H45N6O7-. The molecule has 0 bridgehead atoms. The van der Waals surface area contributed by atoms with E-state index in [9.17, 15) is 34.6 Å². The second kappa shape index (κ2) is 15.3. The highest BCUT2D eigenvalue weighted by atomic mass is 16.5. The number of aldehydes is 1. The zero-order valence-electron chi connectivity index (χ0n) is 24.3. The number of rotatable bonds is 19. The number of hydrogen-bond donors (Lipinski definition) is 7. The lowest BCUT2D eigenvalue weighted by Gasteiger charge is -2.35. The minimum absolute atomic E-state index is 0.0791. The molecule has 0 radical (unpaired) electrons. The number of carbonyl (C=O) groups is 4. The van der Waals surface area contributed by atoms with Crippen LogP contribution in [0.5, 0.6) is 0 Å². The van der Waals surface area contributed by atoms with Crippen molar-refractivity contribution in [2.75, 3.05) is 25.5 Å². The number of anilines is 1. The van der Waals surface area contributed by atoms with Crippen LogP contribution in [0.2, 0.25) is 0 Å². The van der Waals surface area contributed by atoms with Gasteiger partial charge in [-0.2, -0.15) is 0 Å². The molecule has 0 heterocycles. The van der Waals surface area contributed by atoms with E-state index in [-0.39, 0.29) is 43.7 Å². The maximum atomic E-state index is 12.6. The molecule has 6 atom stereocenters. The van der Waals surface area contributed by atoms with Crippen molar-refractivity contribution < 1.29 is 29.4 Å². The third-order valence-electron chi connectivity index (χ3n) is 7.39. The van der Waals surface area contributed by atoms with Crippen molar-refractivity contribution in [1.82, 2.24) is 21.0 Å². The Bertz CT molecular complexity index is 1040. The predicted molar refractivity (Wildman–Crippen MR) is 154 cm³/mol. The Hall–Kier alpha value is -2.94. The summed E-state index contributed by atoms with van der Waals surface area (Å²) >= 11 is 0. The number of hydroxylamine groups is 2. The molecule has 1 aromatic rings. The summed E-state index contributed by atoms with van der Waals surface area (Å²) in [5, 5.41) is 43.7. The van der Waals surface area contributed by atoms with Crippen LogP contribution in [0.1, 0.15) is 69.7 Å². The van der Waals surface area contributed by atoms with E-state index in [1.807, 2.05) is 0 Å². The van der Waals surface area contributed by atoms with Gasteiger partial charge in [0.1, 0.15) is 24.5 Å². The molecule has 1 fully saturated rings. The highest BCUT2D eigenvalue weighted by molar-refractivity contribution is 5.95. The molecule has 0 spiro atoms. The summed E-state index contributed by atoms with van der Waals surface area (Å²) in [5.41, 5.74) is 5.18. The van der Waals surface area contributed by atoms with Gasteiger partial charge in [0, 0.05) is 29.1 Å². The van der Waals surface area contributed by atoms with Crippen molar-refractivity contribution in [1.29, 1.82) is 0 Å². The fraction of sp³-hybridized carbons (Fsp3) is 0.643. The third-order valence-corrected chi connectivity index (χ3v) is 7.39. The molecule has 230 valence electrons. The SMILES string of the molecule is CNC(O)[C@](C)(CC(C)=O)NC(=O)[C@@H](N)CCCN([O-])CCCC1(C=O)CC1NC(=O)c1ccc(NC(C)O)cc1. The Labute approximate surface area is 241 Å². The zero-order valence-corrected chi connectivity index (χ0v) is 24.3. The van der Waals surface area contributed by atoms with Crippen molar-refractivity contribution in [2.45, 2.75) is 89.4 Å². The molecule has 8 N–H and O–H groups in total. The summed E-state index contributed by atoms with van der Waals surface area (Å²) in [6, 6.07) is 5.42. The molecular weight excluding hydrogens is 532 g/mol. The van der Waals surface area contributed by atoms with Crippen LogP contribution in [0.4, 0.5) is 5.69 Å². The number of nitrogens with one attached hydrogen (secondary N) is 4. The van der Waals surface area contributed by atoms with E-state index in [2.05, 4.69) is 21.3 Å². The van der Waals surface area contributed by atoms with E-state index in [0.717, 1.165) is 11.3 Å². The number of Topliss-reactive ketones (excluding diaryl/α,β-unsaturated/α-hetero) is 1. The summed E-state index contributed by atoms with van der Waals surface area (Å²) in [6.07, 6.45) is 0.932. The number of carbonyl (C=O) groups excluding carboxylic acids is 4. The molecule has 1 aromatic carbocycles. The molecule has 1 saturated carbocycles. The van der Waals surface area contributed by atoms with Crippen LogP contribution in [0.15, 0.2) is 24.3 Å². The Morgan fingerprint density at radius 3 is 2.41 bits per heavy atom. The molecule has 13 nitrogen and oxygen atoms in total. The number of ketones is 1. The van der Waals surface area contributed by atoms with Gasteiger partial charge >= 0.3 is 0 Å². The van der Waals surface area contributed by atoms with Crippen LogP contribution in [0.3, 0.4) is 0 Å². The van der Waals surface area contributed by atoms with Gasteiger partial charge in [0.2, 0.25) is 5.91 Å². The molecule has 0 saturated heterocycles. The number of aliphatic hydroxyl groups is 2. The minimum Gasteiger partial charge on any atom is -0.785 e. The van der Waals surface area contributed by atoms with Crippen LogP contribution in [0, 0.1) is 10.6 Å². The normalized spacial score (nSPS) is 21.7. The largest absolute Gasteiger partial charge is 0.785 e. The topological polar surface area (TPSA) is 209 Å². The van der Waals surface area contributed by atoms with Crippen LogP contribution in [-0.2, 0) is 14.4 Å². The monoisotopic (exact) mass is 577 g/mol. The van der Waals surface area contributed by atoms with Gasteiger partial charge in [-0.1, -0.05) is 0 Å². The highest BCUT2D eigenvalue weighted by Crippen LogP contribution is 2.48. The number of nitrogens with zero attached hydrogens (tertiary/aromatic N) is 1. The van der Waals surface area contributed by atoms with E-state index >= 15 is 0 Å². The fourth-order valence-electron chi connectivity index (χ4n) is 4.92. The molecule has 13 heteroatoms. The molecule has 1 aliphatic carbocycles. The van der Waals surface area contributed by atoms with Crippen molar-refractivity contribution in [3.05, 3.63) is 35.0 Å². The smallest absolute Gasteiger partial charge is 0.251 e. The van der Waals surface area contributed by atoms with E-state index in [4.69, 9.17) is 5.73 Å². The average Bonchev–Trinajstić information content (AvgIpc) is 3.59. The van der Waals surface area contributed by atoms with E-state index in [1.54, 1.807) is 38.1 Å². The van der Waals surface area contributed by atoms with Gasteiger partial charge in [-0.05, 0) is 97.3 Å². The highest BCUT2D eigenvalue weighted by Gasteiger charge is 2.54. The first-order valence-electron chi connectivity index (χ1n) is 13.9. The fourth-order valence-corrected chi connectivity index (χ4v) is 4.92. The first kappa shape index (κ1) is 34.3.